The molecular weight excluding hydrogens is 367 g/mol. The summed E-state index contributed by atoms with van der Waals surface area (Å²) in [5.74, 6) is -0.267. The summed E-state index contributed by atoms with van der Waals surface area (Å²) in [4.78, 5) is 25.8. The van der Waals surface area contributed by atoms with Gasteiger partial charge in [-0.25, -0.2) is 4.79 Å². The van der Waals surface area contributed by atoms with Crippen LogP contribution in [0.3, 0.4) is 0 Å². The number of hydrogen-bond acceptors (Lipinski definition) is 3. The average molecular weight is 385 g/mol. The van der Waals surface area contributed by atoms with Crippen molar-refractivity contribution in [3.63, 3.8) is 0 Å². The Morgan fingerprint density at radius 1 is 1.23 bits per heavy atom. The predicted octanol–water partition coefficient (Wildman–Crippen LogP) is 3.53. The highest BCUT2D eigenvalue weighted by molar-refractivity contribution is 7.10. The molecule has 140 valence electrons. The first kappa shape index (κ1) is 19.8. The lowest BCUT2D eigenvalue weighted by atomic mass is 10.1. The molecule has 9 heteroatoms. The maximum atomic E-state index is 12.6. The van der Waals surface area contributed by atoms with E-state index in [0.29, 0.717) is 5.56 Å². The number of urea groups is 1. The van der Waals surface area contributed by atoms with Gasteiger partial charge in [0, 0.05) is 18.5 Å². The molecule has 0 radical (unpaired) electrons. The van der Waals surface area contributed by atoms with Crippen molar-refractivity contribution in [2.45, 2.75) is 25.2 Å². The van der Waals surface area contributed by atoms with E-state index in [1.54, 1.807) is 19.2 Å². The molecule has 2 rings (SSSR count). The van der Waals surface area contributed by atoms with Gasteiger partial charge < -0.3 is 16.0 Å². The summed E-state index contributed by atoms with van der Waals surface area (Å²) >= 11 is 1.39. The first-order valence-corrected chi connectivity index (χ1v) is 8.54. The summed E-state index contributed by atoms with van der Waals surface area (Å²) in [6.45, 7) is 0.157. The quantitative estimate of drug-likeness (QED) is 0.798. The first-order valence-electron chi connectivity index (χ1n) is 7.66. The largest absolute Gasteiger partial charge is 0.416 e. The molecule has 0 aliphatic heterocycles. The summed E-state index contributed by atoms with van der Waals surface area (Å²) in [5.41, 5.74) is 5.00. The standard InChI is InChI=1S/C17H18F3N3O2S/c1-23(10-11-4-6-12(7-5-11)17(18,19)20)15(24)9-13(22-16(21)25)14-3-2-8-26-14/h2-8,13H,9-10H2,1H3,(H3,21,22,25). The van der Waals surface area contributed by atoms with Gasteiger partial charge in [0.2, 0.25) is 5.91 Å². The van der Waals surface area contributed by atoms with Gasteiger partial charge in [0.1, 0.15) is 0 Å². The molecule has 0 bridgehead atoms. The summed E-state index contributed by atoms with van der Waals surface area (Å²) in [6, 6.07) is 6.95. The Bertz CT molecular complexity index is 746. The zero-order chi connectivity index (χ0) is 19.3. The highest BCUT2D eigenvalue weighted by atomic mass is 32.1. The van der Waals surface area contributed by atoms with Crippen LogP contribution in [0.1, 0.15) is 28.5 Å². The Morgan fingerprint density at radius 2 is 1.88 bits per heavy atom. The van der Waals surface area contributed by atoms with Crippen LogP contribution in [0.4, 0.5) is 18.0 Å². The van der Waals surface area contributed by atoms with Crippen LogP contribution in [-0.4, -0.2) is 23.9 Å². The molecule has 1 aromatic heterocycles. The lowest BCUT2D eigenvalue weighted by Crippen LogP contribution is -2.36. The lowest BCUT2D eigenvalue weighted by molar-refractivity contribution is -0.137. The number of halogens is 3. The number of rotatable bonds is 6. The minimum Gasteiger partial charge on any atom is -0.352 e. The van der Waals surface area contributed by atoms with Crippen molar-refractivity contribution >= 4 is 23.3 Å². The first-order chi connectivity index (χ1) is 12.2. The number of alkyl halides is 3. The van der Waals surface area contributed by atoms with E-state index in [1.807, 2.05) is 5.38 Å². The Kier molecular flexibility index (Phi) is 6.25. The monoisotopic (exact) mass is 385 g/mol. The topological polar surface area (TPSA) is 75.4 Å². The van der Waals surface area contributed by atoms with E-state index in [0.717, 1.165) is 17.0 Å². The van der Waals surface area contributed by atoms with E-state index in [1.165, 1.54) is 28.4 Å². The van der Waals surface area contributed by atoms with Crippen molar-refractivity contribution in [2.24, 2.45) is 5.73 Å². The number of carbonyl (C=O) groups is 2. The molecular formula is C17H18F3N3O2S. The molecule has 1 atom stereocenters. The fraction of sp³-hybridized carbons (Fsp3) is 0.294. The van der Waals surface area contributed by atoms with Crippen molar-refractivity contribution in [1.82, 2.24) is 10.2 Å². The molecule has 0 saturated heterocycles. The van der Waals surface area contributed by atoms with Crippen molar-refractivity contribution in [3.05, 3.63) is 57.8 Å². The summed E-state index contributed by atoms with van der Waals surface area (Å²) in [5, 5.41) is 4.35. The molecule has 26 heavy (non-hydrogen) atoms. The minimum absolute atomic E-state index is 0.000583. The smallest absolute Gasteiger partial charge is 0.352 e. The summed E-state index contributed by atoms with van der Waals surface area (Å²) < 4.78 is 37.8. The van der Waals surface area contributed by atoms with Crippen molar-refractivity contribution in [1.29, 1.82) is 0 Å². The second kappa shape index (κ2) is 8.22. The molecule has 0 saturated carbocycles. The average Bonchev–Trinajstić information content (AvgIpc) is 3.07. The fourth-order valence-electron chi connectivity index (χ4n) is 2.38. The van der Waals surface area contributed by atoms with E-state index < -0.39 is 23.8 Å². The Hall–Kier alpha value is -2.55. The number of nitrogens with two attached hydrogens (primary N) is 1. The third-order valence-corrected chi connectivity index (χ3v) is 4.69. The maximum Gasteiger partial charge on any atom is 0.416 e. The number of primary amides is 1. The predicted molar refractivity (Wildman–Crippen MR) is 92.3 cm³/mol. The van der Waals surface area contributed by atoms with Gasteiger partial charge in [-0.2, -0.15) is 13.2 Å². The summed E-state index contributed by atoms with van der Waals surface area (Å²) in [7, 11) is 1.55. The molecule has 2 aromatic rings. The number of benzene rings is 1. The Morgan fingerprint density at radius 3 is 2.38 bits per heavy atom. The zero-order valence-electron chi connectivity index (χ0n) is 13.9. The number of nitrogens with zero attached hydrogens (tertiary/aromatic N) is 1. The van der Waals surface area contributed by atoms with Crippen LogP contribution in [0.15, 0.2) is 41.8 Å². The van der Waals surface area contributed by atoms with E-state index in [9.17, 15) is 22.8 Å². The van der Waals surface area contributed by atoms with E-state index >= 15 is 0 Å². The molecule has 3 amide bonds. The van der Waals surface area contributed by atoms with Crippen LogP contribution in [0, 0.1) is 0 Å². The summed E-state index contributed by atoms with van der Waals surface area (Å²) in [6.07, 6.45) is -4.39. The van der Waals surface area contributed by atoms with E-state index in [4.69, 9.17) is 5.73 Å². The highest BCUT2D eigenvalue weighted by Gasteiger charge is 2.30. The molecule has 3 N–H and O–H groups in total. The minimum atomic E-state index is -4.39. The third kappa shape index (κ3) is 5.48. The fourth-order valence-corrected chi connectivity index (χ4v) is 3.15. The van der Waals surface area contributed by atoms with Crippen molar-refractivity contribution in [3.8, 4) is 0 Å². The zero-order valence-corrected chi connectivity index (χ0v) is 14.7. The Labute approximate surface area is 152 Å². The second-order valence-electron chi connectivity index (χ2n) is 5.73. The number of thiophene rings is 1. The van der Waals surface area contributed by atoms with Crippen molar-refractivity contribution in [2.75, 3.05) is 7.05 Å². The van der Waals surface area contributed by atoms with Gasteiger partial charge in [-0.3, -0.25) is 4.79 Å². The van der Waals surface area contributed by atoms with Gasteiger partial charge in [-0.05, 0) is 29.1 Å². The number of amides is 3. The number of nitrogens with one attached hydrogen (secondary N) is 1. The third-order valence-electron chi connectivity index (χ3n) is 3.71. The molecule has 0 aliphatic carbocycles. The molecule has 0 aliphatic rings. The molecule has 5 nitrogen and oxygen atoms in total. The van der Waals surface area contributed by atoms with Crippen LogP contribution in [0.2, 0.25) is 0 Å². The van der Waals surface area contributed by atoms with E-state index in [-0.39, 0.29) is 18.9 Å². The van der Waals surface area contributed by atoms with Crippen LogP contribution in [-0.2, 0) is 17.5 Å². The van der Waals surface area contributed by atoms with Gasteiger partial charge in [0.15, 0.2) is 0 Å². The SMILES string of the molecule is CN(Cc1ccc(C(F)(F)F)cc1)C(=O)CC(NC(N)=O)c1cccs1. The molecule has 1 aromatic carbocycles. The van der Waals surface area contributed by atoms with Crippen LogP contribution in [0.25, 0.3) is 0 Å². The van der Waals surface area contributed by atoms with Crippen molar-refractivity contribution < 1.29 is 22.8 Å². The lowest BCUT2D eigenvalue weighted by Gasteiger charge is -2.21. The van der Waals surface area contributed by atoms with Gasteiger partial charge in [-0.1, -0.05) is 18.2 Å². The molecule has 0 fully saturated rings. The molecule has 1 unspecified atom stereocenters. The van der Waals surface area contributed by atoms with Gasteiger partial charge in [0.05, 0.1) is 18.0 Å². The number of hydrogen-bond donors (Lipinski definition) is 2. The molecule has 0 spiro atoms. The van der Waals surface area contributed by atoms with Gasteiger partial charge in [-0.15, -0.1) is 11.3 Å². The van der Waals surface area contributed by atoms with Gasteiger partial charge in [0.25, 0.3) is 0 Å². The van der Waals surface area contributed by atoms with Gasteiger partial charge >= 0.3 is 12.2 Å². The molecule has 1 heterocycles. The van der Waals surface area contributed by atoms with Crippen LogP contribution >= 0.6 is 11.3 Å². The van der Waals surface area contributed by atoms with Crippen LogP contribution in [0.5, 0.6) is 0 Å². The van der Waals surface area contributed by atoms with Crippen LogP contribution < -0.4 is 11.1 Å². The van der Waals surface area contributed by atoms with E-state index in [2.05, 4.69) is 5.32 Å². The number of carbonyl (C=O) groups excluding carboxylic acids is 2. The maximum absolute atomic E-state index is 12.6. The Balaban J connectivity index is 2.00. The second-order valence-corrected chi connectivity index (χ2v) is 6.70. The normalized spacial score (nSPS) is 12.5. The highest BCUT2D eigenvalue weighted by Crippen LogP contribution is 2.29.